The second kappa shape index (κ2) is 5.57. The zero-order chi connectivity index (χ0) is 14.0. The summed E-state index contributed by atoms with van der Waals surface area (Å²) in [5.41, 5.74) is 0.0743. The van der Waals surface area contributed by atoms with E-state index in [0.29, 0.717) is 12.8 Å². The fraction of sp³-hybridized carbons (Fsp3) is 0.385. The number of hydrogen-bond acceptors (Lipinski definition) is 2. The van der Waals surface area contributed by atoms with E-state index in [1.54, 1.807) is 12.1 Å². The van der Waals surface area contributed by atoms with E-state index in [2.05, 4.69) is 0 Å². The molecule has 1 saturated heterocycles. The molecule has 1 aromatic rings. The van der Waals surface area contributed by atoms with Crippen molar-refractivity contribution in [2.75, 3.05) is 6.54 Å². The summed E-state index contributed by atoms with van der Waals surface area (Å²) >= 11 is 5.84. The molecule has 1 aliphatic heterocycles. The van der Waals surface area contributed by atoms with Gasteiger partial charge in [0.1, 0.15) is 6.04 Å². The van der Waals surface area contributed by atoms with Crippen LogP contribution in [0.5, 0.6) is 0 Å². The SMILES string of the molecule is O=C(O)[C@@H]1CCCN1C(=O)C(F)c1ccccc1Cl. The van der Waals surface area contributed by atoms with Gasteiger partial charge in [-0.05, 0) is 18.9 Å². The number of carboxylic acids is 1. The highest BCUT2D eigenvalue weighted by Crippen LogP contribution is 2.30. The number of alkyl halides is 1. The van der Waals surface area contributed by atoms with E-state index in [9.17, 15) is 14.0 Å². The largest absolute Gasteiger partial charge is 0.480 e. The lowest BCUT2D eigenvalue weighted by atomic mass is 10.1. The zero-order valence-electron chi connectivity index (χ0n) is 10.1. The Morgan fingerprint density at radius 3 is 2.74 bits per heavy atom. The molecular weight excluding hydrogens is 273 g/mol. The molecule has 0 bridgehead atoms. The van der Waals surface area contributed by atoms with Crippen molar-refractivity contribution in [3.63, 3.8) is 0 Å². The number of carboxylic acid groups (broad SMARTS) is 1. The maximum atomic E-state index is 14.2. The van der Waals surface area contributed by atoms with Crippen LogP contribution >= 0.6 is 11.6 Å². The minimum Gasteiger partial charge on any atom is -0.480 e. The highest BCUT2D eigenvalue weighted by Gasteiger charge is 2.38. The Balaban J connectivity index is 2.20. The third-order valence-corrected chi connectivity index (χ3v) is 3.56. The normalized spacial score (nSPS) is 20.3. The van der Waals surface area contributed by atoms with Crippen LogP contribution in [0.1, 0.15) is 24.6 Å². The average Bonchev–Trinajstić information content (AvgIpc) is 2.87. The van der Waals surface area contributed by atoms with Crippen molar-refractivity contribution in [2.45, 2.75) is 25.1 Å². The van der Waals surface area contributed by atoms with Crippen LogP contribution in [0.2, 0.25) is 5.02 Å². The highest BCUT2D eigenvalue weighted by molar-refractivity contribution is 6.31. The van der Waals surface area contributed by atoms with Crippen molar-refractivity contribution >= 4 is 23.5 Å². The number of halogens is 2. The Labute approximate surface area is 114 Å². The molecule has 1 aromatic carbocycles. The Morgan fingerprint density at radius 1 is 1.42 bits per heavy atom. The number of aliphatic carboxylic acids is 1. The minimum absolute atomic E-state index is 0.0743. The first kappa shape index (κ1) is 13.8. The zero-order valence-corrected chi connectivity index (χ0v) is 10.8. The van der Waals surface area contributed by atoms with E-state index in [-0.39, 0.29) is 17.1 Å². The maximum absolute atomic E-state index is 14.2. The molecule has 0 aromatic heterocycles. The number of hydrogen-bond donors (Lipinski definition) is 1. The molecule has 1 amide bonds. The van der Waals surface area contributed by atoms with Crippen molar-refractivity contribution in [3.8, 4) is 0 Å². The second-order valence-corrected chi connectivity index (χ2v) is 4.82. The number of carbonyl (C=O) groups is 2. The fourth-order valence-corrected chi connectivity index (χ4v) is 2.48. The molecule has 0 aliphatic carbocycles. The molecular formula is C13H13ClFNO3. The maximum Gasteiger partial charge on any atom is 0.326 e. The summed E-state index contributed by atoms with van der Waals surface area (Å²) in [5.74, 6) is -1.93. The molecule has 2 atom stereocenters. The topological polar surface area (TPSA) is 57.6 Å². The van der Waals surface area contributed by atoms with E-state index in [0.717, 1.165) is 4.90 Å². The van der Waals surface area contributed by atoms with Gasteiger partial charge in [-0.2, -0.15) is 0 Å². The summed E-state index contributed by atoms with van der Waals surface area (Å²) < 4.78 is 14.2. The third kappa shape index (κ3) is 2.71. The summed E-state index contributed by atoms with van der Waals surface area (Å²) in [4.78, 5) is 24.1. The summed E-state index contributed by atoms with van der Waals surface area (Å²) in [7, 11) is 0. The van der Waals surface area contributed by atoms with Crippen LogP contribution in [0.3, 0.4) is 0 Å². The van der Waals surface area contributed by atoms with Crippen molar-refractivity contribution in [2.24, 2.45) is 0 Å². The van der Waals surface area contributed by atoms with Crippen molar-refractivity contribution in [1.29, 1.82) is 0 Å². The number of amides is 1. The minimum atomic E-state index is -1.92. The van der Waals surface area contributed by atoms with Crippen LogP contribution in [0.4, 0.5) is 4.39 Å². The van der Waals surface area contributed by atoms with Gasteiger partial charge in [-0.25, -0.2) is 9.18 Å². The Hall–Kier alpha value is -1.62. The van der Waals surface area contributed by atoms with Gasteiger partial charge in [0.15, 0.2) is 0 Å². The van der Waals surface area contributed by atoms with Crippen LogP contribution in [-0.4, -0.2) is 34.5 Å². The molecule has 0 spiro atoms. The quantitative estimate of drug-likeness (QED) is 0.928. The first-order valence-electron chi connectivity index (χ1n) is 5.94. The molecule has 0 radical (unpaired) electrons. The van der Waals surface area contributed by atoms with Gasteiger partial charge in [0.25, 0.3) is 5.91 Å². The van der Waals surface area contributed by atoms with Gasteiger partial charge in [-0.3, -0.25) is 4.79 Å². The molecule has 1 fully saturated rings. The molecule has 102 valence electrons. The van der Waals surface area contributed by atoms with Crippen LogP contribution in [0.15, 0.2) is 24.3 Å². The number of rotatable bonds is 3. The first-order valence-corrected chi connectivity index (χ1v) is 6.32. The van der Waals surface area contributed by atoms with Gasteiger partial charge >= 0.3 is 5.97 Å². The number of benzene rings is 1. The van der Waals surface area contributed by atoms with Crippen LogP contribution < -0.4 is 0 Å². The summed E-state index contributed by atoms with van der Waals surface area (Å²) in [6.45, 7) is 0.265. The van der Waals surface area contributed by atoms with Gasteiger partial charge in [0.2, 0.25) is 6.17 Å². The first-order chi connectivity index (χ1) is 9.02. The second-order valence-electron chi connectivity index (χ2n) is 4.41. The van der Waals surface area contributed by atoms with Gasteiger partial charge in [-0.15, -0.1) is 0 Å². The smallest absolute Gasteiger partial charge is 0.326 e. The van der Waals surface area contributed by atoms with Crippen LogP contribution in [-0.2, 0) is 9.59 Å². The lowest BCUT2D eigenvalue weighted by molar-refractivity contribution is -0.150. The number of nitrogens with zero attached hydrogens (tertiary/aromatic N) is 1. The fourth-order valence-electron chi connectivity index (χ4n) is 2.25. The van der Waals surface area contributed by atoms with Gasteiger partial charge in [0.05, 0.1) is 0 Å². The standard InChI is InChI=1S/C13H13ClFNO3/c14-9-5-2-1-4-8(9)11(15)12(17)16-7-3-6-10(16)13(18)19/h1-2,4-5,10-11H,3,6-7H2,(H,18,19)/t10-,11?/m0/s1. The van der Waals surface area contributed by atoms with Gasteiger partial charge in [0, 0.05) is 17.1 Å². The Morgan fingerprint density at radius 2 is 2.11 bits per heavy atom. The molecule has 19 heavy (non-hydrogen) atoms. The molecule has 1 aliphatic rings. The van der Waals surface area contributed by atoms with E-state index < -0.39 is 24.1 Å². The molecule has 4 nitrogen and oxygen atoms in total. The third-order valence-electron chi connectivity index (χ3n) is 3.22. The summed E-state index contributed by atoms with van der Waals surface area (Å²) in [5, 5.41) is 9.16. The molecule has 1 heterocycles. The van der Waals surface area contributed by atoms with E-state index in [1.165, 1.54) is 12.1 Å². The van der Waals surface area contributed by atoms with Crippen LogP contribution in [0.25, 0.3) is 0 Å². The monoisotopic (exact) mass is 285 g/mol. The van der Waals surface area contributed by atoms with Crippen molar-refractivity contribution in [3.05, 3.63) is 34.9 Å². The lowest BCUT2D eigenvalue weighted by Gasteiger charge is -2.23. The van der Waals surface area contributed by atoms with E-state index >= 15 is 0 Å². The molecule has 1 N–H and O–H groups in total. The van der Waals surface area contributed by atoms with E-state index in [4.69, 9.17) is 16.7 Å². The molecule has 1 unspecified atom stereocenters. The predicted molar refractivity (Wildman–Crippen MR) is 67.7 cm³/mol. The number of carbonyl (C=O) groups excluding carboxylic acids is 1. The predicted octanol–water partition coefficient (Wildman–Crippen LogP) is 2.43. The average molecular weight is 286 g/mol. The Kier molecular flexibility index (Phi) is 4.04. The lowest BCUT2D eigenvalue weighted by Crippen LogP contribution is -2.42. The summed E-state index contributed by atoms with van der Waals surface area (Å²) in [6, 6.07) is 5.21. The van der Waals surface area contributed by atoms with E-state index in [1.807, 2.05) is 0 Å². The molecule has 0 saturated carbocycles. The van der Waals surface area contributed by atoms with Gasteiger partial charge < -0.3 is 10.0 Å². The van der Waals surface area contributed by atoms with Crippen molar-refractivity contribution in [1.82, 2.24) is 4.90 Å². The molecule has 6 heteroatoms. The number of likely N-dealkylation sites (tertiary alicyclic amines) is 1. The highest BCUT2D eigenvalue weighted by atomic mass is 35.5. The van der Waals surface area contributed by atoms with Gasteiger partial charge in [-0.1, -0.05) is 29.8 Å². The van der Waals surface area contributed by atoms with Crippen LogP contribution in [0, 0.1) is 0 Å². The Bertz CT molecular complexity index is 508. The van der Waals surface area contributed by atoms with Crippen molar-refractivity contribution < 1.29 is 19.1 Å². The molecule has 2 rings (SSSR count). The summed E-state index contributed by atoms with van der Waals surface area (Å²) in [6.07, 6.45) is -0.998.